The maximum absolute atomic E-state index is 14.1. The van der Waals surface area contributed by atoms with Crippen LogP contribution in [0.5, 0.6) is 11.5 Å². The molecule has 4 nitrogen and oxygen atoms in total. The van der Waals surface area contributed by atoms with E-state index in [1.54, 1.807) is 25.3 Å². The van der Waals surface area contributed by atoms with E-state index < -0.39 is 5.82 Å². The quantitative estimate of drug-likeness (QED) is 0.672. The Kier molecular flexibility index (Phi) is 3.80. The Morgan fingerprint density at radius 1 is 1.37 bits per heavy atom. The van der Waals surface area contributed by atoms with Gasteiger partial charge in [-0.3, -0.25) is 10.4 Å². The zero-order valence-electron chi connectivity index (χ0n) is 10.1. The number of ether oxygens (including phenoxy) is 1. The highest BCUT2D eigenvalue weighted by Gasteiger charge is 2.15. The van der Waals surface area contributed by atoms with Gasteiger partial charge >= 0.3 is 0 Å². The minimum Gasteiger partial charge on any atom is -0.452 e. The summed E-state index contributed by atoms with van der Waals surface area (Å²) in [5, 5.41) is 7.33. The standard InChI is InChI=1S/C13H11BrFN3O/c1-7-9(3-2-6-18-7)19-10-5-4-8(13(16)17)11(14)12(10)15/h2-6H,1H3,(H3,16,17). The second-order valence-corrected chi connectivity index (χ2v) is 4.63. The van der Waals surface area contributed by atoms with E-state index in [2.05, 4.69) is 20.9 Å². The number of rotatable bonds is 3. The van der Waals surface area contributed by atoms with E-state index in [4.69, 9.17) is 15.9 Å². The Balaban J connectivity index is 2.40. The van der Waals surface area contributed by atoms with Crippen molar-refractivity contribution >= 4 is 21.8 Å². The van der Waals surface area contributed by atoms with Gasteiger partial charge in [0.15, 0.2) is 11.6 Å². The molecule has 0 amide bonds. The first-order chi connectivity index (χ1) is 9.00. The molecule has 0 spiro atoms. The van der Waals surface area contributed by atoms with Gasteiger partial charge in [0.2, 0.25) is 0 Å². The average Bonchev–Trinajstić information content (AvgIpc) is 2.37. The number of nitrogens with zero attached hydrogens (tertiary/aromatic N) is 1. The molecule has 1 aromatic heterocycles. The first-order valence-electron chi connectivity index (χ1n) is 5.42. The largest absolute Gasteiger partial charge is 0.452 e. The summed E-state index contributed by atoms with van der Waals surface area (Å²) < 4.78 is 19.7. The highest BCUT2D eigenvalue weighted by Crippen LogP contribution is 2.32. The van der Waals surface area contributed by atoms with Crippen molar-refractivity contribution in [3.63, 3.8) is 0 Å². The number of hydrogen-bond donors (Lipinski definition) is 2. The maximum Gasteiger partial charge on any atom is 0.180 e. The van der Waals surface area contributed by atoms with Crippen molar-refractivity contribution in [1.29, 1.82) is 5.41 Å². The minimum absolute atomic E-state index is 0.0491. The van der Waals surface area contributed by atoms with Crippen molar-refractivity contribution in [2.24, 2.45) is 5.73 Å². The number of aromatic nitrogens is 1. The number of hydrogen-bond acceptors (Lipinski definition) is 3. The van der Waals surface area contributed by atoms with Gasteiger partial charge < -0.3 is 10.5 Å². The van der Waals surface area contributed by atoms with Crippen LogP contribution in [0.15, 0.2) is 34.9 Å². The van der Waals surface area contributed by atoms with E-state index in [0.717, 1.165) is 0 Å². The van der Waals surface area contributed by atoms with Gasteiger partial charge in [0.1, 0.15) is 11.6 Å². The average molecular weight is 324 g/mol. The molecule has 0 aliphatic carbocycles. The van der Waals surface area contributed by atoms with Crippen LogP contribution in [0, 0.1) is 18.2 Å². The Hall–Kier alpha value is -1.95. The molecule has 19 heavy (non-hydrogen) atoms. The van der Waals surface area contributed by atoms with Crippen LogP contribution >= 0.6 is 15.9 Å². The third-order valence-electron chi connectivity index (χ3n) is 2.52. The van der Waals surface area contributed by atoms with Gasteiger partial charge in [-0.2, -0.15) is 0 Å². The molecule has 0 aliphatic heterocycles. The van der Waals surface area contributed by atoms with E-state index in [0.29, 0.717) is 11.4 Å². The molecule has 1 aromatic carbocycles. The number of benzene rings is 1. The molecule has 2 rings (SSSR count). The van der Waals surface area contributed by atoms with Crippen LogP contribution < -0.4 is 10.5 Å². The molecule has 3 N–H and O–H groups in total. The minimum atomic E-state index is -0.601. The lowest BCUT2D eigenvalue weighted by molar-refractivity contribution is 0.435. The van der Waals surface area contributed by atoms with Crippen LogP contribution in [0.3, 0.4) is 0 Å². The number of nitrogens with two attached hydrogens (primary N) is 1. The topological polar surface area (TPSA) is 72.0 Å². The van der Waals surface area contributed by atoms with E-state index in [1.807, 2.05) is 0 Å². The van der Waals surface area contributed by atoms with E-state index >= 15 is 0 Å². The SMILES string of the molecule is Cc1ncccc1Oc1ccc(C(=N)N)c(Br)c1F. The third kappa shape index (κ3) is 2.73. The molecule has 0 aliphatic rings. The summed E-state index contributed by atoms with van der Waals surface area (Å²) in [5.74, 6) is -0.289. The summed E-state index contributed by atoms with van der Waals surface area (Å²) in [5.41, 5.74) is 6.29. The first kappa shape index (κ1) is 13.5. The van der Waals surface area contributed by atoms with Gasteiger partial charge in [-0.05, 0) is 47.1 Å². The van der Waals surface area contributed by atoms with Gasteiger partial charge in [-0.15, -0.1) is 0 Å². The van der Waals surface area contributed by atoms with Crippen LogP contribution in [-0.4, -0.2) is 10.8 Å². The van der Waals surface area contributed by atoms with Crippen molar-refractivity contribution in [2.75, 3.05) is 0 Å². The van der Waals surface area contributed by atoms with Gasteiger partial charge in [0.25, 0.3) is 0 Å². The molecular formula is C13H11BrFN3O. The van der Waals surface area contributed by atoms with Crippen molar-refractivity contribution in [1.82, 2.24) is 4.98 Å². The summed E-state index contributed by atoms with van der Waals surface area (Å²) in [6.07, 6.45) is 1.63. The second-order valence-electron chi connectivity index (χ2n) is 3.84. The van der Waals surface area contributed by atoms with Crippen molar-refractivity contribution in [3.8, 4) is 11.5 Å². The summed E-state index contributed by atoms with van der Waals surface area (Å²) >= 11 is 3.07. The van der Waals surface area contributed by atoms with Crippen LogP contribution in [0.4, 0.5) is 4.39 Å². The summed E-state index contributed by atoms with van der Waals surface area (Å²) in [6, 6.07) is 6.37. The van der Waals surface area contributed by atoms with Crippen LogP contribution in [0.2, 0.25) is 0 Å². The first-order valence-corrected chi connectivity index (χ1v) is 6.22. The molecule has 0 unspecified atom stereocenters. The number of nitrogen functional groups attached to an aromatic ring is 1. The fourth-order valence-electron chi connectivity index (χ4n) is 1.51. The summed E-state index contributed by atoms with van der Waals surface area (Å²) in [6.45, 7) is 1.77. The molecule has 0 bridgehead atoms. The van der Waals surface area contributed by atoms with Gasteiger partial charge in [-0.25, -0.2) is 4.39 Å². The molecule has 0 saturated carbocycles. The molecule has 0 saturated heterocycles. The molecule has 0 radical (unpaired) electrons. The Morgan fingerprint density at radius 2 is 2.11 bits per heavy atom. The Labute approximate surface area is 118 Å². The predicted octanol–water partition coefficient (Wildman–Crippen LogP) is 3.37. The fourth-order valence-corrected chi connectivity index (χ4v) is 2.06. The lowest BCUT2D eigenvalue weighted by Crippen LogP contribution is -2.12. The van der Waals surface area contributed by atoms with Gasteiger partial charge in [-0.1, -0.05) is 0 Å². The fraction of sp³-hybridized carbons (Fsp3) is 0.0769. The highest BCUT2D eigenvalue weighted by atomic mass is 79.9. The van der Waals surface area contributed by atoms with Gasteiger partial charge in [0.05, 0.1) is 10.2 Å². The van der Waals surface area contributed by atoms with Gasteiger partial charge in [0, 0.05) is 11.8 Å². The molecular weight excluding hydrogens is 313 g/mol. The number of pyridine rings is 1. The molecule has 1 heterocycles. The van der Waals surface area contributed by atoms with Crippen LogP contribution in [0.25, 0.3) is 0 Å². The van der Waals surface area contributed by atoms with Crippen molar-refractivity contribution in [3.05, 3.63) is 52.0 Å². The number of amidine groups is 1. The third-order valence-corrected chi connectivity index (χ3v) is 3.29. The molecule has 2 aromatic rings. The number of nitrogens with one attached hydrogen (secondary N) is 1. The lowest BCUT2D eigenvalue weighted by atomic mass is 10.2. The van der Waals surface area contributed by atoms with Crippen LogP contribution in [-0.2, 0) is 0 Å². The molecule has 0 atom stereocenters. The number of halogens is 2. The van der Waals surface area contributed by atoms with E-state index in [-0.39, 0.29) is 21.6 Å². The summed E-state index contributed by atoms with van der Waals surface area (Å²) in [7, 11) is 0. The highest BCUT2D eigenvalue weighted by molar-refractivity contribution is 9.10. The molecule has 6 heteroatoms. The van der Waals surface area contributed by atoms with E-state index in [1.165, 1.54) is 12.1 Å². The molecule has 0 fully saturated rings. The van der Waals surface area contributed by atoms with Crippen molar-refractivity contribution in [2.45, 2.75) is 6.92 Å². The Morgan fingerprint density at radius 3 is 2.74 bits per heavy atom. The molecule has 98 valence electrons. The summed E-state index contributed by atoms with van der Waals surface area (Å²) in [4.78, 5) is 4.06. The smallest absolute Gasteiger partial charge is 0.180 e. The maximum atomic E-state index is 14.1. The number of aryl methyl sites for hydroxylation is 1. The zero-order chi connectivity index (χ0) is 14.0. The zero-order valence-corrected chi connectivity index (χ0v) is 11.7. The Bertz CT molecular complexity index is 646. The van der Waals surface area contributed by atoms with Crippen LogP contribution in [0.1, 0.15) is 11.3 Å². The van der Waals surface area contributed by atoms with E-state index in [9.17, 15) is 4.39 Å². The lowest BCUT2D eigenvalue weighted by Gasteiger charge is -2.11. The second kappa shape index (κ2) is 5.36. The predicted molar refractivity (Wildman–Crippen MR) is 74.2 cm³/mol. The van der Waals surface area contributed by atoms with Crippen molar-refractivity contribution < 1.29 is 9.13 Å². The monoisotopic (exact) mass is 323 g/mol. The normalized spacial score (nSPS) is 10.3.